The van der Waals surface area contributed by atoms with Crippen LogP contribution in [0.4, 0.5) is 0 Å². The molecule has 0 heterocycles. The molecule has 27 heavy (non-hydrogen) atoms. The molecule has 0 saturated heterocycles. The Morgan fingerprint density at radius 1 is 1.15 bits per heavy atom. The molecule has 0 fully saturated rings. The van der Waals surface area contributed by atoms with Gasteiger partial charge in [0.1, 0.15) is 0 Å². The number of carbonyl (C=O) groups excluding carboxylic acids is 2. The highest BCUT2D eigenvalue weighted by atomic mass is 35.5. The van der Waals surface area contributed by atoms with Crippen molar-refractivity contribution in [3.05, 3.63) is 58.1 Å². The number of aryl methyl sites for hydroxylation is 1. The number of rotatable bonds is 7. The molecule has 142 valence electrons. The minimum absolute atomic E-state index is 0.229. The van der Waals surface area contributed by atoms with E-state index in [-0.39, 0.29) is 6.61 Å². The lowest BCUT2D eigenvalue weighted by Crippen LogP contribution is -2.18. The Bertz CT molecular complexity index is 867. The van der Waals surface area contributed by atoms with E-state index in [1.54, 1.807) is 36.4 Å². The van der Waals surface area contributed by atoms with Gasteiger partial charge in [0, 0.05) is 0 Å². The molecule has 0 bridgehead atoms. The van der Waals surface area contributed by atoms with E-state index in [4.69, 9.17) is 21.1 Å². The van der Waals surface area contributed by atoms with Gasteiger partial charge in [0.25, 0.3) is 5.91 Å². The SMILES string of the molecule is COC(=O)COc1ccc(/C=N\NC(=O)c2ccc(C)cc2Cl)cc1OC. The predicted molar refractivity (Wildman–Crippen MR) is 102 cm³/mol. The lowest BCUT2D eigenvalue weighted by Gasteiger charge is -2.10. The first-order valence-corrected chi connectivity index (χ1v) is 8.29. The third-order valence-corrected chi connectivity index (χ3v) is 3.82. The molecule has 0 unspecified atom stereocenters. The molecule has 7 nitrogen and oxygen atoms in total. The van der Waals surface area contributed by atoms with Gasteiger partial charge in [-0.1, -0.05) is 17.7 Å². The van der Waals surface area contributed by atoms with Crippen LogP contribution in [-0.2, 0) is 9.53 Å². The van der Waals surface area contributed by atoms with Crippen LogP contribution in [0.1, 0.15) is 21.5 Å². The zero-order chi connectivity index (χ0) is 19.8. The van der Waals surface area contributed by atoms with Crippen LogP contribution in [0.2, 0.25) is 5.02 Å². The summed E-state index contributed by atoms with van der Waals surface area (Å²) in [6.45, 7) is 1.66. The molecule has 0 aliphatic carbocycles. The van der Waals surface area contributed by atoms with Crippen LogP contribution in [0.3, 0.4) is 0 Å². The van der Waals surface area contributed by atoms with E-state index < -0.39 is 11.9 Å². The van der Waals surface area contributed by atoms with Gasteiger partial charge in [0.2, 0.25) is 0 Å². The average molecular weight is 391 g/mol. The number of nitrogens with one attached hydrogen (secondary N) is 1. The quantitative estimate of drug-likeness (QED) is 0.446. The molecule has 2 rings (SSSR count). The van der Waals surface area contributed by atoms with Crippen LogP contribution < -0.4 is 14.9 Å². The van der Waals surface area contributed by atoms with Crippen molar-refractivity contribution in [3.8, 4) is 11.5 Å². The zero-order valence-electron chi connectivity index (χ0n) is 15.1. The Morgan fingerprint density at radius 3 is 2.59 bits per heavy atom. The van der Waals surface area contributed by atoms with Crippen molar-refractivity contribution in [2.75, 3.05) is 20.8 Å². The average Bonchev–Trinajstić information content (AvgIpc) is 2.66. The summed E-state index contributed by atoms with van der Waals surface area (Å²) in [7, 11) is 2.75. The summed E-state index contributed by atoms with van der Waals surface area (Å²) in [5.41, 5.74) is 4.38. The molecule has 2 aromatic rings. The summed E-state index contributed by atoms with van der Waals surface area (Å²) >= 11 is 6.06. The number of nitrogens with zero attached hydrogens (tertiary/aromatic N) is 1. The second kappa shape index (κ2) is 9.59. The first kappa shape index (κ1) is 20.3. The molecule has 0 saturated carbocycles. The van der Waals surface area contributed by atoms with Gasteiger partial charge in [-0.05, 0) is 48.4 Å². The fourth-order valence-electron chi connectivity index (χ4n) is 2.11. The molecule has 0 aliphatic heterocycles. The lowest BCUT2D eigenvalue weighted by atomic mass is 10.1. The van der Waals surface area contributed by atoms with Gasteiger partial charge < -0.3 is 14.2 Å². The number of benzene rings is 2. The fraction of sp³-hybridized carbons (Fsp3) is 0.211. The van der Waals surface area contributed by atoms with E-state index in [9.17, 15) is 9.59 Å². The fourth-order valence-corrected chi connectivity index (χ4v) is 2.43. The van der Waals surface area contributed by atoms with Crippen LogP contribution in [0.5, 0.6) is 11.5 Å². The number of hydrogen-bond acceptors (Lipinski definition) is 6. The van der Waals surface area contributed by atoms with Crippen molar-refractivity contribution in [3.63, 3.8) is 0 Å². The number of halogens is 1. The smallest absolute Gasteiger partial charge is 0.343 e. The number of esters is 1. The summed E-state index contributed by atoms with van der Waals surface area (Å²) in [4.78, 5) is 23.3. The molecule has 1 amide bonds. The van der Waals surface area contributed by atoms with Crippen LogP contribution in [0.25, 0.3) is 0 Å². The molecular formula is C19H19ClN2O5. The van der Waals surface area contributed by atoms with Gasteiger partial charge in [-0.25, -0.2) is 10.2 Å². The van der Waals surface area contributed by atoms with Gasteiger partial charge in [0.15, 0.2) is 18.1 Å². The van der Waals surface area contributed by atoms with Crippen molar-refractivity contribution in [1.29, 1.82) is 0 Å². The molecule has 0 spiro atoms. The maximum atomic E-state index is 12.1. The van der Waals surface area contributed by atoms with Crippen molar-refractivity contribution in [2.45, 2.75) is 6.92 Å². The van der Waals surface area contributed by atoms with Crippen LogP contribution >= 0.6 is 11.6 Å². The molecule has 8 heteroatoms. The monoisotopic (exact) mass is 390 g/mol. The van der Waals surface area contributed by atoms with Gasteiger partial charge in [-0.15, -0.1) is 0 Å². The molecule has 1 N–H and O–H groups in total. The van der Waals surface area contributed by atoms with Gasteiger partial charge in [-0.2, -0.15) is 5.10 Å². The number of methoxy groups -OCH3 is 2. The van der Waals surface area contributed by atoms with Gasteiger partial charge >= 0.3 is 5.97 Å². The lowest BCUT2D eigenvalue weighted by molar-refractivity contribution is -0.142. The molecule has 2 aromatic carbocycles. The molecule has 0 radical (unpaired) electrons. The Balaban J connectivity index is 2.03. The summed E-state index contributed by atoms with van der Waals surface area (Å²) < 4.78 is 15.1. The van der Waals surface area contributed by atoms with Gasteiger partial charge in [-0.3, -0.25) is 4.79 Å². The largest absolute Gasteiger partial charge is 0.493 e. The van der Waals surface area contributed by atoms with E-state index >= 15 is 0 Å². The molecule has 0 atom stereocenters. The van der Waals surface area contributed by atoms with Crippen molar-refractivity contribution in [1.82, 2.24) is 5.43 Å². The Hall–Kier alpha value is -3.06. The first-order chi connectivity index (χ1) is 12.9. The van der Waals surface area contributed by atoms with Crippen LogP contribution in [-0.4, -0.2) is 38.9 Å². The van der Waals surface area contributed by atoms with E-state index in [2.05, 4.69) is 15.3 Å². The first-order valence-electron chi connectivity index (χ1n) is 7.91. The highest BCUT2D eigenvalue weighted by molar-refractivity contribution is 6.33. The van der Waals surface area contributed by atoms with Crippen LogP contribution in [0, 0.1) is 6.92 Å². The summed E-state index contributed by atoms with van der Waals surface area (Å²) in [6.07, 6.45) is 1.45. The van der Waals surface area contributed by atoms with Crippen molar-refractivity contribution < 1.29 is 23.8 Å². The topological polar surface area (TPSA) is 86.2 Å². The third kappa shape index (κ3) is 5.72. The van der Waals surface area contributed by atoms with Crippen LogP contribution in [0.15, 0.2) is 41.5 Å². The number of hydrogen-bond donors (Lipinski definition) is 1. The maximum absolute atomic E-state index is 12.1. The van der Waals surface area contributed by atoms with E-state index in [1.165, 1.54) is 20.4 Å². The Morgan fingerprint density at radius 2 is 1.93 bits per heavy atom. The second-order valence-corrected chi connectivity index (χ2v) is 5.86. The van der Waals surface area contributed by atoms with Gasteiger partial charge in [0.05, 0.1) is 31.0 Å². The maximum Gasteiger partial charge on any atom is 0.343 e. The zero-order valence-corrected chi connectivity index (χ0v) is 15.9. The molecule has 0 aromatic heterocycles. The number of ether oxygens (including phenoxy) is 3. The van der Waals surface area contributed by atoms with E-state index in [0.717, 1.165) is 5.56 Å². The normalized spacial score (nSPS) is 10.5. The third-order valence-electron chi connectivity index (χ3n) is 3.51. The van der Waals surface area contributed by atoms with Crippen molar-refractivity contribution >= 4 is 29.7 Å². The molecule has 0 aliphatic rings. The summed E-state index contributed by atoms with van der Waals surface area (Å²) in [6, 6.07) is 10.1. The number of hydrazone groups is 1. The van der Waals surface area contributed by atoms with Crippen molar-refractivity contribution in [2.24, 2.45) is 5.10 Å². The minimum atomic E-state index is -0.500. The molecular weight excluding hydrogens is 372 g/mol. The Kier molecular flexibility index (Phi) is 7.19. The highest BCUT2D eigenvalue weighted by Crippen LogP contribution is 2.27. The Labute approximate surface area is 161 Å². The number of amides is 1. The van der Waals surface area contributed by atoms with E-state index in [0.29, 0.717) is 27.6 Å². The standard InChI is InChI=1S/C19H19ClN2O5/c1-12-4-6-14(15(20)8-12)19(24)22-21-10-13-5-7-16(17(9-13)25-2)27-11-18(23)26-3/h4-10H,11H2,1-3H3,(H,22,24)/b21-10-. The summed E-state index contributed by atoms with van der Waals surface area (Å²) in [5, 5.41) is 4.28. The second-order valence-electron chi connectivity index (χ2n) is 5.46. The van der Waals surface area contributed by atoms with E-state index in [1.807, 2.05) is 6.92 Å². The highest BCUT2D eigenvalue weighted by Gasteiger charge is 2.10. The number of carbonyl (C=O) groups is 2. The minimum Gasteiger partial charge on any atom is -0.493 e. The predicted octanol–water partition coefficient (Wildman–Crippen LogP) is 2.97. The summed E-state index contributed by atoms with van der Waals surface area (Å²) in [5.74, 6) is -0.118.